The summed E-state index contributed by atoms with van der Waals surface area (Å²) in [4.78, 5) is 7.77. The van der Waals surface area contributed by atoms with E-state index in [9.17, 15) is 0 Å². The number of aromatic amines is 1. The summed E-state index contributed by atoms with van der Waals surface area (Å²) in [5, 5.41) is 5.34. The van der Waals surface area contributed by atoms with Crippen LogP contribution >= 0.6 is 0 Å². The van der Waals surface area contributed by atoms with Gasteiger partial charge in [0.2, 0.25) is 0 Å². The highest BCUT2D eigenvalue weighted by Crippen LogP contribution is 2.31. The average Bonchev–Trinajstić information content (AvgIpc) is 3.02. The maximum absolute atomic E-state index is 6.31. The molecule has 0 bridgehead atoms. The molecular weight excluding hydrogens is 260 g/mol. The van der Waals surface area contributed by atoms with Crippen molar-refractivity contribution < 1.29 is 0 Å². The fourth-order valence-corrected chi connectivity index (χ4v) is 2.53. The van der Waals surface area contributed by atoms with Crippen molar-refractivity contribution in [3.63, 3.8) is 0 Å². The monoisotopic (exact) mass is 274 g/mol. The Bertz CT molecular complexity index is 926. The van der Waals surface area contributed by atoms with E-state index in [4.69, 9.17) is 5.73 Å². The maximum atomic E-state index is 6.31. The summed E-state index contributed by atoms with van der Waals surface area (Å²) in [5.74, 6) is 0.912. The van der Waals surface area contributed by atoms with Gasteiger partial charge in [-0.25, -0.2) is 4.98 Å². The van der Waals surface area contributed by atoms with Gasteiger partial charge < -0.3 is 16.0 Å². The molecule has 4 rings (SSSR count). The van der Waals surface area contributed by atoms with Crippen LogP contribution in [0, 0.1) is 0 Å². The summed E-state index contributed by atoms with van der Waals surface area (Å²) >= 11 is 0. The summed E-state index contributed by atoms with van der Waals surface area (Å²) < 4.78 is 0. The van der Waals surface area contributed by atoms with Gasteiger partial charge in [-0.2, -0.15) is 0 Å². The smallest absolute Gasteiger partial charge is 0.107 e. The SMILES string of the molecule is Nc1c(Nc2ccc[nH]2)ccc2nc3ccccc3cc12. The Morgan fingerprint density at radius 3 is 2.71 bits per heavy atom. The minimum Gasteiger partial charge on any atom is -0.396 e. The van der Waals surface area contributed by atoms with Gasteiger partial charge in [-0.1, -0.05) is 18.2 Å². The number of aromatic nitrogens is 2. The van der Waals surface area contributed by atoms with E-state index in [0.29, 0.717) is 5.69 Å². The molecule has 0 fully saturated rings. The summed E-state index contributed by atoms with van der Waals surface area (Å²) in [5.41, 5.74) is 9.78. The normalized spacial score (nSPS) is 11.0. The Hall–Kier alpha value is -3.01. The van der Waals surface area contributed by atoms with Crippen molar-refractivity contribution in [2.45, 2.75) is 0 Å². The Morgan fingerprint density at radius 2 is 1.86 bits per heavy atom. The van der Waals surface area contributed by atoms with Crippen LogP contribution in [0.2, 0.25) is 0 Å². The number of pyridine rings is 1. The van der Waals surface area contributed by atoms with Gasteiger partial charge in [0.15, 0.2) is 0 Å². The van der Waals surface area contributed by atoms with Crippen molar-refractivity contribution in [3.8, 4) is 0 Å². The molecule has 0 radical (unpaired) electrons. The minimum atomic E-state index is 0.709. The zero-order valence-electron chi connectivity index (χ0n) is 11.3. The number of anilines is 3. The molecule has 2 aromatic heterocycles. The molecule has 4 N–H and O–H groups in total. The number of nitrogens with zero attached hydrogens (tertiary/aromatic N) is 1. The van der Waals surface area contributed by atoms with E-state index in [1.807, 2.05) is 54.7 Å². The van der Waals surface area contributed by atoms with E-state index >= 15 is 0 Å². The van der Waals surface area contributed by atoms with Gasteiger partial charge in [-0.15, -0.1) is 0 Å². The average molecular weight is 274 g/mol. The molecule has 4 aromatic rings. The molecule has 0 unspecified atom stereocenters. The summed E-state index contributed by atoms with van der Waals surface area (Å²) in [6.45, 7) is 0. The van der Waals surface area contributed by atoms with Crippen LogP contribution < -0.4 is 11.1 Å². The first-order valence-electron chi connectivity index (χ1n) is 6.80. The number of H-pyrrole nitrogens is 1. The first-order valence-corrected chi connectivity index (χ1v) is 6.80. The highest BCUT2D eigenvalue weighted by atomic mass is 15.0. The van der Waals surface area contributed by atoms with Gasteiger partial charge in [0.25, 0.3) is 0 Å². The van der Waals surface area contributed by atoms with Crippen molar-refractivity contribution in [1.29, 1.82) is 0 Å². The molecule has 0 atom stereocenters. The number of nitrogen functional groups attached to an aromatic ring is 1. The minimum absolute atomic E-state index is 0.709. The van der Waals surface area contributed by atoms with Gasteiger partial charge in [-0.3, -0.25) is 0 Å². The van der Waals surface area contributed by atoms with Gasteiger partial charge in [0.1, 0.15) is 5.82 Å². The predicted octanol–water partition coefficient (Wildman–Crippen LogP) is 4.04. The molecule has 0 aliphatic rings. The summed E-state index contributed by atoms with van der Waals surface area (Å²) in [6, 6.07) is 18.0. The van der Waals surface area contributed by atoms with Crippen molar-refractivity contribution in [2.75, 3.05) is 11.1 Å². The van der Waals surface area contributed by atoms with E-state index in [2.05, 4.69) is 21.4 Å². The lowest BCUT2D eigenvalue weighted by atomic mass is 10.1. The number of hydrogen-bond donors (Lipinski definition) is 3. The molecule has 2 heterocycles. The van der Waals surface area contributed by atoms with Gasteiger partial charge in [0.05, 0.1) is 22.4 Å². The second-order valence-electron chi connectivity index (χ2n) is 4.98. The number of nitrogens with one attached hydrogen (secondary N) is 2. The van der Waals surface area contributed by atoms with E-state index < -0.39 is 0 Å². The molecule has 4 nitrogen and oxygen atoms in total. The first kappa shape index (κ1) is 11.8. The van der Waals surface area contributed by atoms with Gasteiger partial charge in [0, 0.05) is 17.0 Å². The molecule has 0 aliphatic carbocycles. The highest BCUT2D eigenvalue weighted by Gasteiger charge is 2.07. The standard InChI is InChI=1S/C17H14N4/c18-17-12-10-11-4-1-2-5-13(11)20-14(12)7-8-15(17)21-16-6-3-9-19-16/h1-10,19,21H,18H2. The predicted molar refractivity (Wildman–Crippen MR) is 87.7 cm³/mol. The lowest BCUT2D eigenvalue weighted by molar-refractivity contribution is 1.38. The number of fused-ring (bicyclic) bond motifs is 2. The van der Waals surface area contributed by atoms with E-state index in [1.54, 1.807) is 0 Å². The Kier molecular flexibility index (Phi) is 2.54. The highest BCUT2D eigenvalue weighted by molar-refractivity contribution is 6.03. The lowest BCUT2D eigenvalue weighted by Crippen LogP contribution is -1.98. The third-order valence-electron chi connectivity index (χ3n) is 3.61. The molecular formula is C17H14N4. The third-order valence-corrected chi connectivity index (χ3v) is 3.61. The second-order valence-corrected chi connectivity index (χ2v) is 4.98. The Morgan fingerprint density at radius 1 is 0.952 bits per heavy atom. The Balaban J connectivity index is 1.91. The van der Waals surface area contributed by atoms with Crippen molar-refractivity contribution in [2.24, 2.45) is 0 Å². The number of para-hydroxylation sites is 1. The van der Waals surface area contributed by atoms with E-state index in [-0.39, 0.29) is 0 Å². The molecule has 4 heteroatoms. The number of nitrogens with two attached hydrogens (primary N) is 1. The third kappa shape index (κ3) is 1.97. The van der Waals surface area contributed by atoms with Crippen molar-refractivity contribution >= 4 is 39.0 Å². The zero-order valence-corrected chi connectivity index (χ0v) is 11.3. The molecule has 102 valence electrons. The largest absolute Gasteiger partial charge is 0.396 e. The van der Waals surface area contributed by atoms with Crippen molar-refractivity contribution in [3.05, 3.63) is 60.8 Å². The van der Waals surface area contributed by atoms with Crippen LogP contribution in [-0.4, -0.2) is 9.97 Å². The van der Waals surface area contributed by atoms with E-state index in [0.717, 1.165) is 33.3 Å². The van der Waals surface area contributed by atoms with Crippen LogP contribution in [0.3, 0.4) is 0 Å². The lowest BCUT2D eigenvalue weighted by Gasteiger charge is -2.11. The molecule has 21 heavy (non-hydrogen) atoms. The molecule has 0 saturated heterocycles. The topological polar surface area (TPSA) is 66.7 Å². The number of rotatable bonds is 2. The fourth-order valence-electron chi connectivity index (χ4n) is 2.53. The second kappa shape index (κ2) is 4.52. The number of benzene rings is 2. The zero-order chi connectivity index (χ0) is 14.2. The summed E-state index contributed by atoms with van der Waals surface area (Å²) in [7, 11) is 0. The van der Waals surface area contributed by atoms with Crippen LogP contribution in [-0.2, 0) is 0 Å². The molecule has 2 aromatic carbocycles. The van der Waals surface area contributed by atoms with Gasteiger partial charge >= 0.3 is 0 Å². The molecule has 0 aliphatic heterocycles. The van der Waals surface area contributed by atoms with Crippen LogP contribution in [0.1, 0.15) is 0 Å². The molecule has 0 spiro atoms. The van der Waals surface area contributed by atoms with Crippen LogP contribution in [0.4, 0.5) is 17.2 Å². The summed E-state index contributed by atoms with van der Waals surface area (Å²) in [6.07, 6.45) is 1.87. The van der Waals surface area contributed by atoms with Crippen LogP contribution in [0.25, 0.3) is 21.8 Å². The Labute approximate surface area is 121 Å². The molecule has 0 amide bonds. The van der Waals surface area contributed by atoms with Crippen molar-refractivity contribution in [1.82, 2.24) is 9.97 Å². The quantitative estimate of drug-likeness (QED) is 0.382. The van der Waals surface area contributed by atoms with Crippen LogP contribution in [0.15, 0.2) is 60.8 Å². The van der Waals surface area contributed by atoms with Gasteiger partial charge in [-0.05, 0) is 36.4 Å². The maximum Gasteiger partial charge on any atom is 0.107 e. The number of hydrogen-bond acceptors (Lipinski definition) is 3. The first-order chi connectivity index (χ1) is 10.3. The molecule has 0 saturated carbocycles. The van der Waals surface area contributed by atoms with E-state index in [1.165, 1.54) is 0 Å². The van der Waals surface area contributed by atoms with Crippen LogP contribution in [0.5, 0.6) is 0 Å². The fraction of sp³-hybridized carbons (Fsp3) is 0.